The van der Waals surface area contributed by atoms with Gasteiger partial charge in [-0.1, -0.05) is 72.3 Å². The minimum Gasteiger partial charge on any atom is -0.489 e. The van der Waals surface area contributed by atoms with E-state index in [4.69, 9.17) is 4.74 Å². The number of carbonyl (C=O) groups is 1. The Bertz CT molecular complexity index is 1440. The minimum absolute atomic E-state index is 0.0274. The molecule has 0 fully saturated rings. The quantitative estimate of drug-likeness (QED) is 0.176. The molecule has 0 aliphatic carbocycles. The lowest BCUT2D eigenvalue weighted by Crippen LogP contribution is -2.13. The van der Waals surface area contributed by atoms with Crippen molar-refractivity contribution in [1.82, 2.24) is 0 Å². The molecule has 1 N–H and O–H groups in total. The Labute approximate surface area is 205 Å². The standard InChI is InChI=1S/C31H26N2O2/c1-3-7-25-18-23(19-27(20-32)31(34)33-28-15-12-22(2)13-16-28)14-17-30(25)35-21-26-10-6-9-24-8-4-5-11-29(24)26/h3-6,8-19H,1,7,21H2,2H3,(H,33,34)/b27-19-. The van der Waals surface area contributed by atoms with Crippen LogP contribution in [0.4, 0.5) is 5.69 Å². The molecule has 0 spiro atoms. The summed E-state index contributed by atoms with van der Waals surface area (Å²) >= 11 is 0. The number of nitriles is 1. The number of nitrogens with zero attached hydrogens (tertiary/aromatic N) is 1. The van der Waals surface area contributed by atoms with Gasteiger partial charge in [0.05, 0.1) is 0 Å². The minimum atomic E-state index is -0.446. The highest BCUT2D eigenvalue weighted by Crippen LogP contribution is 2.26. The third-order valence-electron chi connectivity index (χ3n) is 5.70. The SMILES string of the molecule is C=CCc1cc(/C=C(/C#N)C(=O)Nc2ccc(C)cc2)ccc1OCc1cccc2ccccc12. The van der Waals surface area contributed by atoms with Crippen LogP contribution in [0.5, 0.6) is 5.75 Å². The number of aryl methyl sites for hydroxylation is 1. The molecular formula is C31H26N2O2. The Balaban J connectivity index is 1.54. The molecule has 0 aliphatic heterocycles. The first-order chi connectivity index (χ1) is 17.1. The molecule has 0 saturated carbocycles. The van der Waals surface area contributed by atoms with Crippen LogP contribution in [-0.2, 0) is 17.8 Å². The second-order valence-electron chi connectivity index (χ2n) is 8.28. The van der Waals surface area contributed by atoms with E-state index in [0.29, 0.717) is 18.7 Å². The molecule has 0 unspecified atom stereocenters. The lowest BCUT2D eigenvalue weighted by atomic mass is 10.0. The first-order valence-corrected chi connectivity index (χ1v) is 11.4. The molecule has 0 heterocycles. The number of ether oxygens (including phenoxy) is 1. The summed E-state index contributed by atoms with van der Waals surface area (Å²) in [5, 5.41) is 14.7. The van der Waals surface area contributed by atoms with Crippen LogP contribution < -0.4 is 10.1 Å². The largest absolute Gasteiger partial charge is 0.489 e. The van der Waals surface area contributed by atoms with Crippen LogP contribution in [0.2, 0.25) is 0 Å². The summed E-state index contributed by atoms with van der Waals surface area (Å²) in [5.74, 6) is 0.301. The molecule has 0 aliphatic rings. The zero-order valence-corrected chi connectivity index (χ0v) is 19.6. The molecule has 4 rings (SSSR count). The summed E-state index contributed by atoms with van der Waals surface area (Å²) in [4.78, 5) is 12.6. The Kier molecular flexibility index (Phi) is 7.40. The highest BCUT2D eigenvalue weighted by molar-refractivity contribution is 6.09. The van der Waals surface area contributed by atoms with E-state index < -0.39 is 5.91 Å². The van der Waals surface area contributed by atoms with E-state index in [-0.39, 0.29) is 5.57 Å². The maximum atomic E-state index is 12.6. The number of rotatable bonds is 8. The van der Waals surface area contributed by atoms with Gasteiger partial charge in [0.1, 0.15) is 24.0 Å². The molecule has 0 bridgehead atoms. The summed E-state index contributed by atoms with van der Waals surface area (Å²) in [7, 11) is 0. The first kappa shape index (κ1) is 23.5. The van der Waals surface area contributed by atoms with Crippen molar-refractivity contribution in [3.63, 3.8) is 0 Å². The average molecular weight is 459 g/mol. The topological polar surface area (TPSA) is 62.1 Å². The lowest BCUT2D eigenvalue weighted by Gasteiger charge is -2.13. The lowest BCUT2D eigenvalue weighted by molar-refractivity contribution is -0.112. The van der Waals surface area contributed by atoms with Gasteiger partial charge in [0, 0.05) is 5.69 Å². The fourth-order valence-corrected chi connectivity index (χ4v) is 3.87. The third-order valence-corrected chi connectivity index (χ3v) is 5.70. The molecule has 0 atom stereocenters. The number of hydrogen-bond acceptors (Lipinski definition) is 3. The van der Waals surface area contributed by atoms with E-state index in [0.717, 1.165) is 33.4 Å². The molecule has 35 heavy (non-hydrogen) atoms. The number of allylic oxidation sites excluding steroid dienone is 1. The number of benzene rings is 4. The fourth-order valence-electron chi connectivity index (χ4n) is 3.87. The molecule has 0 aromatic heterocycles. The van der Waals surface area contributed by atoms with Gasteiger partial charge in [-0.3, -0.25) is 4.79 Å². The Morgan fingerprint density at radius 2 is 1.77 bits per heavy atom. The second kappa shape index (κ2) is 11.0. The molecule has 0 radical (unpaired) electrons. The molecule has 1 amide bonds. The van der Waals surface area contributed by atoms with Gasteiger partial charge in [-0.2, -0.15) is 5.26 Å². The number of fused-ring (bicyclic) bond motifs is 1. The van der Waals surface area contributed by atoms with E-state index in [1.54, 1.807) is 6.08 Å². The van der Waals surface area contributed by atoms with Gasteiger partial charge in [-0.05, 0) is 71.1 Å². The van der Waals surface area contributed by atoms with E-state index in [1.165, 1.54) is 5.39 Å². The van der Waals surface area contributed by atoms with Gasteiger partial charge in [0.2, 0.25) is 0 Å². The number of carbonyl (C=O) groups excluding carboxylic acids is 1. The maximum Gasteiger partial charge on any atom is 0.266 e. The Hall–Kier alpha value is -4.62. The van der Waals surface area contributed by atoms with Crippen LogP contribution in [0, 0.1) is 18.3 Å². The van der Waals surface area contributed by atoms with Crippen LogP contribution in [0.25, 0.3) is 16.8 Å². The molecule has 4 aromatic rings. The second-order valence-corrected chi connectivity index (χ2v) is 8.28. The van der Waals surface area contributed by atoms with Crippen LogP contribution in [0.3, 0.4) is 0 Å². The third kappa shape index (κ3) is 5.85. The highest BCUT2D eigenvalue weighted by atomic mass is 16.5. The monoisotopic (exact) mass is 458 g/mol. The van der Waals surface area contributed by atoms with Gasteiger partial charge in [0.25, 0.3) is 5.91 Å². The Morgan fingerprint density at radius 3 is 2.54 bits per heavy atom. The van der Waals surface area contributed by atoms with Gasteiger partial charge >= 0.3 is 0 Å². The van der Waals surface area contributed by atoms with Gasteiger partial charge in [-0.15, -0.1) is 6.58 Å². The summed E-state index contributed by atoms with van der Waals surface area (Å²) in [6, 6.07) is 29.5. The summed E-state index contributed by atoms with van der Waals surface area (Å²) in [6.45, 7) is 6.27. The molecule has 0 saturated heterocycles. The van der Waals surface area contributed by atoms with Gasteiger partial charge in [-0.25, -0.2) is 0 Å². The van der Waals surface area contributed by atoms with Gasteiger partial charge in [0.15, 0.2) is 0 Å². The number of amides is 1. The zero-order valence-electron chi connectivity index (χ0n) is 19.6. The summed E-state index contributed by atoms with van der Waals surface area (Å²) < 4.78 is 6.19. The van der Waals surface area contributed by atoms with Crippen LogP contribution in [0.1, 0.15) is 22.3 Å². The number of nitrogens with one attached hydrogen (secondary N) is 1. The maximum absolute atomic E-state index is 12.6. The van der Waals surface area contributed by atoms with Crippen molar-refractivity contribution in [2.75, 3.05) is 5.32 Å². The molecule has 4 nitrogen and oxygen atoms in total. The van der Waals surface area contributed by atoms with Gasteiger partial charge < -0.3 is 10.1 Å². The summed E-state index contributed by atoms with van der Waals surface area (Å²) in [5.41, 5.74) is 4.55. The smallest absolute Gasteiger partial charge is 0.266 e. The Morgan fingerprint density at radius 1 is 1.00 bits per heavy atom. The average Bonchev–Trinajstić information content (AvgIpc) is 2.88. The number of hydrogen-bond donors (Lipinski definition) is 1. The number of anilines is 1. The highest BCUT2D eigenvalue weighted by Gasteiger charge is 2.11. The van der Waals surface area contributed by atoms with E-state index in [1.807, 2.05) is 79.7 Å². The molecule has 172 valence electrons. The van der Waals surface area contributed by atoms with Crippen molar-refractivity contribution < 1.29 is 9.53 Å². The van der Waals surface area contributed by atoms with Crippen molar-refractivity contribution in [3.8, 4) is 11.8 Å². The molecular weight excluding hydrogens is 432 g/mol. The normalized spacial score (nSPS) is 11.0. The molecule has 4 aromatic carbocycles. The van der Waals surface area contributed by atoms with Crippen molar-refractivity contribution in [3.05, 3.63) is 125 Å². The zero-order chi connectivity index (χ0) is 24.6. The van der Waals surface area contributed by atoms with Crippen LogP contribution in [0.15, 0.2) is 103 Å². The van der Waals surface area contributed by atoms with Crippen LogP contribution >= 0.6 is 0 Å². The fraction of sp³-hybridized carbons (Fsp3) is 0.0968. The first-order valence-electron chi connectivity index (χ1n) is 11.4. The summed E-state index contributed by atoms with van der Waals surface area (Å²) in [6.07, 6.45) is 4.00. The van der Waals surface area contributed by atoms with Crippen molar-refractivity contribution in [2.45, 2.75) is 20.0 Å². The van der Waals surface area contributed by atoms with E-state index in [9.17, 15) is 10.1 Å². The van der Waals surface area contributed by atoms with Crippen molar-refractivity contribution >= 4 is 28.4 Å². The predicted molar refractivity (Wildman–Crippen MR) is 142 cm³/mol. The van der Waals surface area contributed by atoms with E-state index >= 15 is 0 Å². The van der Waals surface area contributed by atoms with Crippen molar-refractivity contribution in [1.29, 1.82) is 5.26 Å². The van der Waals surface area contributed by atoms with E-state index in [2.05, 4.69) is 36.2 Å². The van der Waals surface area contributed by atoms with Crippen LogP contribution in [-0.4, -0.2) is 5.91 Å². The van der Waals surface area contributed by atoms with Crippen molar-refractivity contribution in [2.24, 2.45) is 0 Å². The predicted octanol–water partition coefficient (Wildman–Crippen LogP) is 7.00. The molecule has 4 heteroatoms.